The van der Waals surface area contributed by atoms with E-state index in [2.05, 4.69) is 6.58 Å². The second-order valence-electron chi connectivity index (χ2n) is 6.11. The van der Waals surface area contributed by atoms with Crippen molar-refractivity contribution in [3.63, 3.8) is 0 Å². The van der Waals surface area contributed by atoms with E-state index >= 15 is 0 Å². The number of ether oxygens (including phenoxy) is 2. The summed E-state index contributed by atoms with van der Waals surface area (Å²) < 4.78 is 10.0. The zero-order valence-corrected chi connectivity index (χ0v) is 12.9. The molecule has 1 atom stereocenters. The molecule has 0 aromatic carbocycles. The standard InChI is InChI=1S/C15H26O4/c1-8-12(16)18-9-10-19-13(17)15(7,11(2)3)14(4,5)6/h8,11H,1,9-10H2,2-7H3. The van der Waals surface area contributed by atoms with Crippen LogP contribution in [0.5, 0.6) is 0 Å². The van der Waals surface area contributed by atoms with Crippen molar-refractivity contribution in [2.24, 2.45) is 16.7 Å². The normalized spacial score (nSPS) is 14.7. The van der Waals surface area contributed by atoms with Gasteiger partial charge in [0.15, 0.2) is 0 Å². The molecule has 0 bridgehead atoms. The van der Waals surface area contributed by atoms with Gasteiger partial charge >= 0.3 is 11.9 Å². The molecule has 4 nitrogen and oxygen atoms in total. The zero-order valence-electron chi connectivity index (χ0n) is 12.9. The molecule has 0 aliphatic carbocycles. The molecule has 0 radical (unpaired) electrons. The number of rotatable bonds is 6. The lowest BCUT2D eigenvalue weighted by Crippen LogP contribution is -2.46. The summed E-state index contributed by atoms with van der Waals surface area (Å²) in [7, 11) is 0. The fourth-order valence-corrected chi connectivity index (χ4v) is 1.89. The van der Waals surface area contributed by atoms with E-state index in [1.54, 1.807) is 0 Å². The van der Waals surface area contributed by atoms with E-state index in [4.69, 9.17) is 9.47 Å². The summed E-state index contributed by atoms with van der Waals surface area (Å²) in [5.41, 5.74) is -0.800. The predicted molar refractivity (Wildman–Crippen MR) is 74.5 cm³/mol. The summed E-state index contributed by atoms with van der Waals surface area (Å²) in [5.74, 6) is -0.626. The van der Waals surface area contributed by atoms with E-state index in [0.717, 1.165) is 6.08 Å². The largest absolute Gasteiger partial charge is 0.462 e. The van der Waals surface area contributed by atoms with Gasteiger partial charge in [0.1, 0.15) is 13.2 Å². The van der Waals surface area contributed by atoms with Gasteiger partial charge in [-0.05, 0) is 18.3 Å². The first-order valence-corrected chi connectivity index (χ1v) is 6.53. The van der Waals surface area contributed by atoms with E-state index in [0.29, 0.717) is 0 Å². The van der Waals surface area contributed by atoms with Gasteiger partial charge < -0.3 is 9.47 Å². The quantitative estimate of drug-likeness (QED) is 0.423. The molecule has 19 heavy (non-hydrogen) atoms. The minimum absolute atomic E-state index is 0.0505. The van der Waals surface area contributed by atoms with Gasteiger partial charge in [0.25, 0.3) is 0 Å². The maximum absolute atomic E-state index is 12.3. The Morgan fingerprint density at radius 3 is 1.95 bits per heavy atom. The molecule has 0 heterocycles. The molecule has 0 aromatic rings. The summed E-state index contributed by atoms with van der Waals surface area (Å²) in [6.07, 6.45) is 1.08. The van der Waals surface area contributed by atoms with Crippen molar-refractivity contribution in [1.29, 1.82) is 0 Å². The van der Waals surface area contributed by atoms with Crippen molar-refractivity contribution >= 4 is 11.9 Å². The van der Waals surface area contributed by atoms with E-state index in [1.807, 2.05) is 41.5 Å². The first-order valence-electron chi connectivity index (χ1n) is 6.53. The summed E-state index contributed by atoms with van der Waals surface area (Å²) in [6, 6.07) is 0. The molecule has 0 amide bonds. The maximum atomic E-state index is 12.3. The van der Waals surface area contributed by atoms with Gasteiger partial charge in [0, 0.05) is 6.08 Å². The van der Waals surface area contributed by atoms with Gasteiger partial charge in [0.2, 0.25) is 0 Å². The lowest BCUT2D eigenvalue weighted by Gasteiger charge is -2.42. The molecule has 0 rings (SSSR count). The van der Waals surface area contributed by atoms with Crippen LogP contribution in [0.15, 0.2) is 12.7 Å². The van der Waals surface area contributed by atoms with Crippen molar-refractivity contribution in [2.45, 2.75) is 41.5 Å². The van der Waals surface area contributed by atoms with E-state index < -0.39 is 11.4 Å². The minimum atomic E-state index is -0.588. The highest BCUT2D eigenvalue weighted by atomic mass is 16.6. The topological polar surface area (TPSA) is 52.6 Å². The number of carbonyl (C=O) groups excluding carboxylic acids is 2. The Morgan fingerprint density at radius 2 is 1.58 bits per heavy atom. The van der Waals surface area contributed by atoms with Crippen molar-refractivity contribution in [3.05, 3.63) is 12.7 Å². The molecular formula is C15H26O4. The summed E-state index contributed by atoms with van der Waals surface area (Å²) in [6.45, 7) is 15.4. The van der Waals surface area contributed by atoms with Crippen molar-refractivity contribution in [1.82, 2.24) is 0 Å². The molecule has 0 aliphatic heterocycles. The smallest absolute Gasteiger partial charge is 0.330 e. The van der Waals surface area contributed by atoms with Gasteiger partial charge in [0.05, 0.1) is 5.41 Å². The van der Waals surface area contributed by atoms with Crippen LogP contribution in [0.4, 0.5) is 0 Å². The van der Waals surface area contributed by atoms with Crippen LogP contribution in [0.25, 0.3) is 0 Å². The van der Waals surface area contributed by atoms with E-state index in [9.17, 15) is 9.59 Å². The highest BCUT2D eigenvalue weighted by Gasteiger charge is 2.47. The Balaban J connectivity index is 4.53. The Morgan fingerprint density at radius 1 is 1.11 bits per heavy atom. The van der Waals surface area contributed by atoms with E-state index in [-0.39, 0.29) is 30.5 Å². The van der Waals surface area contributed by atoms with Crippen LogP contribution < -0.4 is 0 Å². The van der Waals surface area contributed by atoms with Gasteiger partial charge in [-0.25, -0.2) is 4.79 Å². The first-order chi connectivity index (χ1) is 8.57. The SMILES string of the molecule is C=CC(=O)OCCOC(=O)C(C)(C(C)C)C(C)(C)C. The van der Waals surface area contributed by atoms with Crippen molar-refractivity contribution in [3.8, 4) is 0 Å². The Hall–Kier alpha value is -1.32. The molecule has 0 N–H and O–H groups in total. The second-order valence-corrected chi connectivity index (χ2v) is 6.11. The van der Waals surface area contributed by atoms with Crippen molar-refractivity contribution in [2.75, 3.05) is 13.2 Å². The third kappa shape index (κ3) is 4.37. The Bertz CT molecular complexity index is 339. The highest BCUT2D eigenvalue weighted by Crippen LogP contribution is 2.45. The predicted octanol–water partition coefficient (Wildman–Crippen LogP) is 2.97. The van der Waals surface area contributed by atoms with Gasteiger partial charge in [-0.3, -0.25) is 4.79 Å². The van der Waals surface area contributed by atoms with Crippen LogP contribution in [0.1, 0.15) is 41.5 Å². The maximum Gasteiger partial charge on any atom is 0.330 e. The minimum Gasteiger partial charge on any atom is -0.462 e. The number of carbonyl (C=O) groups is 2. The molecular weight excluding hydrogens is 244 g/mol. The number of hydrogen-bond donors (Lipinski definition) is 0. The summed E-state index contributed by atoms with van der Waals surface area (Å²) >= 11 is 0. The molecule has 1 unspecified atom stereocenters. The van der Waals surface area contributed by atoms with Crippen LogP contribution in [0, 0.1) is 16.7 Å². The number of esters is 2. The summed E-state index contributed by atoms with van der Waals surface area (Å²) in [5, 5.41) is 0. The van der Waals surface area contributed by atoms with Crippen LogP contribution >= 0.6 is 0 Å². The monoisotopic (exact) mass is 270 g/mol. The molecule has 0 saturated heterocycles. The van der Waals surface area contributed by atoms with Gasteiger partial charge in [-0.2, -0.15) is 0 Å². The average molecular weight is 270 g/mol. The van der Waals surface area contributed by atoms with Gasteiger partial charge in [-0.15, -0.1) is 0 Å². The lowest BCUT2D eigenvalue weighted by atomic mass is 9.62. The molecule has 0 saturated carbocycles. The molecule has 0 spiro atoms. The Labute approximate surface area is 116 Å². The van der Waals surface area contributed by atoms with Crippen LogP contribution in [0.3, 0.4) is 0 Å². The third-order valence-electron chi connectivity index (χ3n) is 3.86. The lowest BCUT2D eigenvalue weighted by molar-refractivity contribution is -0.169. The zero-order chi connectivity index (χ0) is 15.3. The molecule has 0 aliphatic rings. The first kappa shape index (κ1) is 17.7. The third-order valence-corrected chi connectivity index (χ3v) is 3.86. The van der Waals surface area contributed by atoms with Crippen LogP contribution in [-0.4, -0.2) is 25.2 Å². The summed E-state index contributed by atoms with van der Waals surface area (Å²) in [4.78, 5) is 23.1. The fourth-order valence-electron chi connectivity index (χ4n) is 1.89. The molecule has 0 fully saturated rings. The molecule has 0 aromatic heterocycles. The van der Waals surface area contributed by atoms with Crippen LogP contribution in [0.2, 0.25) is 0 Å². The average Bonchev–Trinajstić information content (AvgIpc) is 2.30. The van der Waals surface area contributed by atoms with Crippen LogP contribution in [-0.2, 0) is 19.1 Å². The van der Waals surface area contributed by atoms with E-state index in [1.165, 1.54) is 0 Å². The Kier molecular flexibility index (Phi) is 6.27. The van der Waals surface area contributed by atoms with Crippen molar-refractivity contribution < 1.29 is 19.1 Å². The van der Waals surface area contributed by atoms with Gasteiger partial charge in [-0.1, -0.05) is 41.2 Å². The number of hydrogen-bond acceptors (Lipinski definition) is 4. The fraction of sp³-hybridized carbons (Fsp3) is 0.733. The molecule has 4 heteroatoms. The second kappa shape index (κ2) is 6.73. The molecule has 110 valence electrons. The highest BCUT2D eigenvalue weighted by molar-refractivity contribution is 5.81.